The Labute approximate surface area is 133 Å². The fourth-order valence-corrected chi connectivity index (χ4v) is 2.02. The fraction of sp³-hybridized carbons (Fsp3) is 0.176. The molecule has 0 radical (unpaired) electrons. The number of aliphatic carboxylic acids is 1. The van der Waals surface area contributed by atoms with Crippen molar-refractivity contribution in [2.45, 2.75) is 6.04 Å². The molecule has 2 aromatic rings. The van der Waals surface area contributed by atoms with Crippen molar-refractivity contribution >= 4 is 11.9 Å². The third kappa shape index (κ3) is 4.47. The Hall–Kier alpha value is -3.02. The summed E-state index contributed by atoms with van der Waals surface area (Å²) < 4.78 is 10.5. The smallest absolute Gasteiger partial charge is 0.330 e. The number of nitrogens with one attached hydrogen (secondary N) is 1. The number of rotatable bonds is 7. The van der Waals surface area contributed by atoms with Crippen molar-refractivity contribution in [3.05, 3.63) is 60.2 Å². The summed E-state index contributed by atoms with van der Waals surface area (Å²) in [4.78, 5) is 23.3. The van der Waals surface area contributed by atoms with E-state index in [1.165, 1.54) is 7.11 Å². The number of carbonyl (C=O) groups is 2. The summed E-state index contributed by atoms with van der Waals surface area (Å²) in [6.45, 7) is -0.309. The number of hydrogen-bond donors (Lipinski definition) is 2. The van der Waals surface area contributed by atoms with Crippen LogP contribution in [0.2, 0.25) is 0 Å². The van der Waals surface area contributed by atoms with E-state index in [-0.39, 0.29) is 6.61 Å². The Morgan fingerprint density at radius 3 is 2.26 bits per heavy atom. The van der Waals surface area contributed by atoms with Gasteiger partial charge in [0.2, 0.25) is 0 Å². The minimum Gasteiger partial charge on any atom is -0.493 e. The van der Waals surface area contributed by atoms with E-state index in [0.717, 1.165) is 0 Å². The molecule has 0 bridgehead atoms. The van der Waals surface area contributed by atoms with Gasteiger partial charge in [0.1, 0.15) is 0 Å². The number of carboxylic acid groups (broad SMARTS) is 1. The molecule has 2 rings (SSSR count). The predicted molar refractivity (Wildman–Crippen MR) is 83.5 cm³/mol. The van der Waals surface area contributed by atoms with Gasteiger partial charge in [0, 0.05) is 0 Å². The summed E-state index contributed by atoms with van der Waals surface area (Å²) >= 11 is 0. The minimum atomic E-state index is -1.14. The van der Waals surface area contributed by atoms with E-state index in [9.17, 15) is 14.7 Å². The van der Waals surface area contributed by atoms with Gasteiger partial charge in [-0.2, -0.15) is 0 Å². The largest absolute Gasteiger partial charge is 0.493 e. The van der Waals surface area contributed by atoms with Crippen molar-refractivity contribution in [2.24, 2.45) is 0 Å². The molecule has 0 aliphatic heterocycles. The van der Waals surface area contributed by atoms with Gasteiger partial charge in [-0.3, -0.25) is 4.79 Å². The van der Waals surface area contributed by atoms with E-state index in [1.54, 1.807) is 54.6 Å². The van der Waals surface area contributed by atoms with Crippen molar-refractivity contribution in [1.29, 1.82) is 0 Å². The molecule has 0 saturated carbocycles. The van der Waals surface area contributed by atoms with E-state index >= 15 is 0 Å². The SMILES string of the molecule is COc1ccccc1OCC(=O)N[C@H](C(=O)O)c1ccccc1. The van der Waals surface area contributed by atoms with Crippen LogP contribution in [0.1, 0.15) is 11.6 Å². The number of ether oxygens (including phenoxy) is 2. The molecule has 0 aliphatic carbocycles. The molecule has 1 atom stereocenters. The molecule has 6 nitrogen and oxygen atoms in total. The summed E-state index contributed by atoms with van der Waals surface area (Å²) in [6, 6.07) is 14.3. The van der Waals surface area contributed by atoms with Gasteiger partial charge in [0.05, 0.1) is 7.11 Å². The van der Waals surface area contributed by atoms with Gasteiger partial charge in [-0.25, -0.2) is 4.79 Å². The Balaban J connectivity index is 1.99. The van der Waals surface area contributed by atoms with Crippen molar-refractivity contribution in [2.75, 3.05) is 13.7 Å². The van der Waals surface area contributed by atoms with Crippen LogP contribution in [0.4, 0.5) is 0 Å². The lowest BCUT2D eigenvalue weighted by Crippen LogP contribution is -2.36. The molecule has 0 aromatic heterocycles. The van der Waals surface area contributed by atoms with E-state index < -0.39 is 17.9 Å². The van der Waals surface area contributed by atoms with E-state index in [4.69, 9.17) is 9.47 Å². The summed E-state index contributed by atoms with van der Waals surface area (Å²) in [5, 5.41) is 11.7. The molecule has 0 fully saturated rings. The molecular weight excluding hydrogens is 298 g/mol. The number of methoxy groups -OCH3 is 1. The number of hydrogen-bond acceptors (Lipinski definition) is 4. The van der Waals surface area contributed by atoms with Gasteiger partial charge in [0.15, 0.2) is 24.1 Å². The molecule has 23 heavy (non-hydrogen) atoms. The van der Waals surface area contributed by atoms with E-state index in [0.29, 0.717) is 17.1 Å². The van der Waals surface area contributed by atoms with Crippen molar-refractivity contribution in [3.8, 4) is 11.5 Å². The summed E-state index contributed by atoms with van der Waals surface area (Å²) in [6.07, 6.45) is 0. The van der Waals surface area contributed by atoms with Crippen LogP contribution in [0.5, 0.6) is 11.5 Å². The van der Waals surface area contributed by atoms with Gasteiger partial charge in [-0.1, -0.05) is 42.5 Å². The molecule has 2 aromatic carbocycles. The monoisotopic (exact) mass is 315 g/mol. The lowest BCUT2D eigenvalue weighted by molar-refractivity contribution is -0.142. The van der Waals surface area contributed by atoms with Crippen molar-refractivity contribution in [3.63, 3.8) is 0 Å². The molecule has 0 saturated heterocycles. The highest BCUT2D eigenvalue weighted by molar-refractivity contribution is 5.85. The topological polar surface area (TPSA) is 84.9 Å². The Kier molecular flexibility index (Phi) is 5.57. The lowest BCUT2D eigenvalue weighted by Gasteiger charge is -2.15. The van der Waals surface area contributed by atoms with Crippen LogP contribution >= 0.6 is 0 Å². The second-order valence-electron chi connectivity index (χ2n) is 4.69. The first-order valence-corrected chi connectivity index (χ1v) is 6.94. The number of amides is 1. The summed E-state index contributed by atoms with van der Waals surface area (Å²) in [7, 11) is 1.50. The Morgan fingerprint density at radius 1 is 1.04 bits per heavy atom. The second kappa shape index (κ2) is 7.84. The average Bonchev–Trinajstić information content (AvgIpc) is 2.58. The highest BCUT2D eigenvalue weighted by Crippen LogP contribution is 2.25. The fourth-order valence-electron chi connectivity index (χ4n) is 2.02. The second-order valence-corrected chi connectivity index (χ2v) is 4.69. The summed E-state index contributed by atoms with van der Waals surface area (Å²) in [5.41, 5.74) is 0.491. The predicted octanol–water partition coefficient (Wildman–Crippen LogP) is 2.02. The molecule has 1 amide bonds. The van der Waals surface area contributed by atoms with E-state index in [1.807, 2.05) is 0 Å². The molecule has 120 valence electrons. The number of carboxylic acids is 1. The average molecular weight is 315 g/mol. The molecule has 0 heterocycles. The van der Waals surface area contributed by atoms with Crippen LogP contribution < -0.4 is 14.8 Å². The quantitative estimate of drug-likeness (QED) is 0.816. The third-order valence-electron chi connectivity index (χ3n) is 3.11. The molecular formula is C17H17NO5. The van der Waals surface area contributed by atoms with Crippen LogP contribution in [0, 0.1) is 0 Å². The zero-order valence-electron chi connectivity index (χ0n) is 12.6. The van der Waals surface area contributed by atoms with Gasteiger partial charge in [-0.15, -0.1) is 0 Å². The molecule has 0 aliphatic rings. The lowest BCUT2D eigenvalue weighted by atomic mass is 10.1. The maximum absolute atomic E-state index is 12.0. The first kappa shape index (κ1) is 16.4. The Bertz CT molecular complexity index is 672. The first-order chi connectivity index (χ1) is 11.1. The Morgan fingerprint density at radius 2 is 1.65 bits per heavy atom. The van der Waals surface area contributed by atoms with Crippen LogP contribution in [-0.4, -0.2) is 30.7 Å². The van der Waals surface area contributed by atoms with Gasteiger partial charge in [-0.05, 0) is 17.7 Å². The first-order valence-electron chi connectivity index (χ1n) is 6.94. The van der Waals surface area contributed by atoms with Gasteiger partial charge in [0.25, 0.3) is 5.91 Å². The maximum Gasteiger partial charge on any atom is 0.330 e. The molecule has 0 unspecified atom stereocenters. The number of benzene rings is 2. The molecule has 2 N–H and O–H groups in total. The zero-order valence-corrected chi connectivity index (χ0v) is 12.6. The van der Waals surface area contributed by atoms with Gasteiger partial charge >= 0.3 is 5.97 Å². The number of para-hydroxylation sites is 2. The zero-order chi connectivity index (χ0) is 16.7. The third-order valence-corrected chi connectivity index (χ3v) is 3.11. The normalized spacial score (nSPS) is 11.3. The van der Waals surface area contributed by atoms with Crippen LogP contribution in [0.3, 0.4) is 0 Å². The molecule has 0 spiro atoms. The standard InChI is InChI=1S/C17H17NO5/c1-22-13-9-5-6-10-14(13)23-11-15(19)18-16(17(20)21)12-7-3-2-4-8-12/h2-10,16H,11H2,1H3,(H,18,19)(H,20,21)/t16-/m0/s1. The van der Waals surface area contributed by atoms with Crippen molar-refractivity contribution < 1.29 is 24.2 Å². The summed E-state index contributed by atoms with van der Waals surface area (Å²) in [5.74, 6) is -0.760. The van der Waals surface area contributed by atoms with E-state index in [2.05, 4.69) is 5.32 Å². The minimum absolute atomic E-state index is 0.309. The van der Waals surface area contributed by atoms with Crippen LogP contribution in [0.25, 0.3) is 0 Å². The maximum atomic E-state index is 12.0. The number of carbonyl (C=O) groups excluding carboxylic acids is 1. The van der Waals surface area contributed by atoms with Gasteiger partial charge < -0.3 is 19.9 Å². The highest BCUT2D eigenvalue weighted by atomic mass is 16.5. The van der Waals surface area contributed by atoms with Crippen LogP contribution in [0.15, 0.2) is 54.6 Å². The highest BCUT2D eigenvalue weighted by Gasteiger charge is 2.22. The van der Waals surface area contributed by atoms with Crippen LogP contribution in [-0.2, 0) is 9.59 Å². The molecule has 6 heteroatoms. The van der Waals surface area contributed by atoms with Crippen molar-refractivity contribution in [1.82, 2.24) is 5.32 Å².